The monoisotopic (exact) mass is 194 g/mol. The van der Waals surface area contributed by atoms with E-state index in [9.17, 15) is 0 Å². The first kappa shape index (κ1) is 11.5. The number of hydrogen-bond acceptors (Lipinski definition) is 1. The van der Waals surface area contributed by atoms with Crippen LogP contribution in [0.5, 0.6) is 0 Å². The first-order valence-corrected chi connectivity index (χ1v) is 5.82. The Bertz CT molecular complexity index is 213. The molecule has 0 aromatic carbocycles. The zero-order valence-corrected chi connectivity index (χ0v) is 9.51. The van der Waals surface area contributed by atoms with E-state index in [0.717, 1.165) is 13.2 Å². The molecule has 0 aromatic heterocycles. The summed E-state index contributed by atoms with van der Waals surface area (Å²) in [5, 5.41) is 0. The van der Waals surface area contributed by atoms with Crippen LogP contribution in [0.15, 0.2) is 23.3 Å². The van der Waals surface area contributed by atoms with Gasteiger partial charge in [0, 0.05) is 13.2 Å². The molecule has 80 valence electrons. The quantitative estimate of drug-likeness (QED) is 0.583. The molecule has 0 N–H and O–H groups in total. The molecule has 0 atom stereocenters. The van der Waals surface area contributed by atoms with Crippen LogP contribution in [-0.4, -0.2) is 13.2 Å². The standard InChI is InChI=1S/C13H22O/c1-3-12-7-9-13(10-8-12)6-5-11-14-4-2/h7,9H,3-6,8,10-11H2,1-2H3. The molecule has 0 saturated heterocycles. The summed E-state index contributed by atoms with van der Waals surface area (Å²) in [6.07, 6.45) is 10.8. The molecule has 14 heavy (non-hydrogen) atoms. The molecule has 0 bridgehead atoms. The zero-order chi connectivity index (χ0) is 10.2. The lowest BCUT2D eigenvalue weighted by molar-refractivity contribution is 0.145. The van der Waals surface area contributed by atoms with Crippen LogP contribution in [0.25, 0.3) is 0 Å². The average Bonchev–Trinajstić information content (AvgIpc) is 2.25. The lowest BCUT2D eigenvalue weighted by atomic mass is 9.94. The summed E-state index contributed by atoms with van der Waals surface area (Å²) in [5.41, 5.74) is 3.19. The van der Waals surface area contributed by atoms with Gasteiger partial charge in [0.05, 0.1) is 0 Å². The SMILES string of the molecule is CCOCCCC1=CC=C(CC)CC1. The van der Waals surface area contributed by atoms with Gasteiger partial charge in [-0.25, -0.2) is 0 Å². The van der Waals surface area contributed by atoms with Crippen molar-refractivity contribution in [2.45, 2.75) is 46.0 Å². The third-order valence-electron chi connectivity index (χ3n) is 2.77. The number of allylic oxidation sites excluding steroid dienone is 4. The van der Waals surface area contributed by atoms with Crippen molar-refractivity contribution < 1.29 is 4.74 Å². The Hall–Kier alpha value is -0.560. The van der Waals surface area contributed by atoms with E-state index in [4.69, 9.17) is 4.74 Å². The van der Waals surface area contributed by atoms with Gasteiger partial charge in [0.2, 0.25) is 0 Å². The minimum Gasteiger partial charge on any atom is -0.382 e. The van der Waals surface area contributed by atoms with Crippen LogP contribution in [0.1, 0.15) is 46.0 Å². The molecule has 0 fully saturated rings. The first-order chi connectivity index (χ1) is 6.86. The second-order valence-corrected chi connectivity index (χ2v) is 3.80. The van der Waals surface area contributed by atoms with Gasteiger partial charge in [0.1, 0.15) is 0 Å². The minimum absolute atomic E-state index is 0.846. The molecule has 1 nitrogen and oxygen atoms in total. The van der Waals surface area contributed by atoms with E-state index >= 15 is 0 Å². The van der Waals surface area contributed by atoms with Crippen LogP contribution in [-0.2, 0) is 4.74 Å². The highest BCUT2D eigenvalue weighted by Crippen LogP contribution is 2.23. The molecule has 0 aliphatic heterocycles. The van der Waals surface area contributed by atoms with Gasteiger partial charge in [-0.2, -0.15) is 0 Å². The molecule has 0 saturated carbocycles. The van der Waals surface area contributed by atoms with Gasteiger partial charge < -0.3 is 4.74 Å². The second kappa shape index (κ2) is 6.83. The van der Waals surface area contributed by atoms with Gasteiger partial charge in [-0.3, -0.25) is 0 Å². The van der Waals surface area contributed by atoms with E-state index in [0.29, 0.717) is 0 Å². The third kappa shape index (κ3) is 4.10. The highest BCUT2D eigenvalue weighted by molar-refractivity contribution is 5.23. The highest BCUT2D eigenvalue weighted by atomic mass is 16.5. The fourth-order valence-electron chi connectivity index (χ4n) is 1.77. The summed E-state index contributed by atoms with van der Waals surface area (Å²) in [7, 11) is 0. The third-order valence-corrected chi connectivity index (χ3v) is 2.77. The van der Waals surface area contributed by atoms with Gasteiger partial charge >= 0.3 is 0 Å². The molecule has 1 rings (SSSR count). The van der Waals surface area contributed by atoms with Gasteiger partial charge in [0.15, 0.2) is 0 Å². The summed E-state index contributed by atoms with van der Waals surface area (Å²) in [6.45, 7) is 6.05. The fourth-order valence-corrected chi connectivity index (χ4v) is 1.77. The Labute approximate surface area is 87.8 Å². The topological polar surface area (TPSA) is 9.23 Å². The Balaban J connectivity index is 2.19. The second-order valence-electron chi connectivity index (χ2n) is 3.80. The minimum atomic E-state index is 0.846. The number of rotatable bonds is 6. The van der Waals surface area contributed by atoms with Crippen molar-refractivity contribution in [2.24, 2.45) is 0 Å². The summed E-state index contributed by atoms with van der Waals surface area (Å²) in [4.78, 5) is 0. The van der Waals surface area contributed by atoms with Crippen molar-refractivity contribution in [3.05, 3.63) is 23.3 Å². The maximum absolute atomic E-state index is 5.32. The predicted octanol–water partition coefficient (Wildman–Crippen LogP) is 3.86. The molecule has 0 spiro atoms. The van der Waals surface area contributed by atoms with E-state index in [1.165, 1.54) is 32.1 Å². The molecule has 1 heteroatoms. The van der Waals surface area contributed by atoms with Crippen molar-refractivity contribution in [3.63, 3.8) is 0 Å². The fraction of sp³-hybridized carbons (Fsp3) is 0.692. The van der Waals surface area contributed by atoms with Crippen LogP contribution in [0, 0.1) is 0 Å². The summed E-state index contributed by atoms with van der Waals surface area (Å²) in [5.74, 6) is 0. The van der Waals surface area contributed by atoms with Crippen molar-refractivity contribution in [1.29, 1.82) is 0 Å². The van der Waals surface area contributed by atoms with E-state index in [1.54, 1.807) is 11.1 Å². The molecular weight excluding hydrogens is 172 g/mol. The van der Waals surface area contributed by atoms with Crippen LogP contribution in [0.2, 0.25) is 0 Å². The Morgan fingerprint density at radius 2 is 1.86 bits per heavy atom. The smallest absolute Gasteiger partial charge is 0.0468 e. The molecule has 0 radical (unpaired) electrons. The maximum atomic E-state index is 5.32. The first-order valence-electron chi connectivity index (χ1n) is 5.82. The largest absolute Gasteiger partial charge is 0.382 e. The number of hydrogen-bond donors (Lipinski definition) is 0. The van der Waals surface area contributed by atoms with E-state index in [1.807, 2.05) is 0 Å². The molecule has 1 aliphatic carbocycles. The van der Waals surface area contributed by atoms with Crippen LogP contribution >= 0.6 is 0 Å². The zero-order valence-electron chi connectivity index (χ0n) is 9.51. The molecule has 0 aromatic rings. The molecule has 0 unspecified atom stereocenters. The van der Waals surface area contributed by atoms with Crippen LogP contribution in [0.3, 0.4) is 0 Å². The number of ether oxygens (including phenoxy) is 1. The van der Waals surface area contributed by atoms with Crippen LogP contribution in [0.4, 0.5) is 0 Å². The van der Waals surface area contributed by atoms with Crippen molar-refractivity contribution in [1.82, 2.24) is 0 Å². The van der Waals surface area contributed by atoms with Crippen molar-refractivity contribution >= 4 is 0 Å². The molecule has 0 heterocycles. The van der Waals surface area contributed by atoms with Crippen molar-refractivity contribution in [2.75, 3.05) is 13.2 Å². The van der Waals surface area contributed by atoms with Gasteiger partial charge in [-0.1, -0.05) is 30.2 Å². The van der Waals surface area contributed by atoms with E-state index in [-0.39, 0.29) is 0 Å². The molecule has 1 aliphatic rings. The summed E-state index contributed by atoms with van der Waals surface area (Å²) >= 11 is 0. The normalized spacial score (nSPS) is 16.4. The van der Waals surface area contributed by atoms with E-state index in [2.05, 4.69) is 26.0 Å². The average molecular weight is 194 g/mol. The lowest BCUT2D eigenvalue weighted by Crippen LogP contribution is -1.97. The Kier molecular flexibility index (Phi) is 5.62. The summed E-state index contributed by atoms with van der Waals surface area (Å²) < 4.78 is 5.32. The van der Waals surface area contributed by atoms with Gasteiger partial charge in [-0.05, 0) is 39.0 Å². The lowest BCUT2D eigenvalue weighted by Gasteiger charge is -2.13. The molecular formula is C13H22O. The maximum Gasteiger partial charge on any atom is 0.0468 e. The van der Waals surface area contributed by atoms with Crippen molar-refractivity contribution in [3.8, 4) is 0 Å². The summed E-state index contributed by atoms with van der Waals surface area (Å²) in [6, 6.07) is 0. The van der Waals surface area contributed by atoms with Crippen LogP contribution < -0.4 is 0 Å². The Morgan fingerprint density at radius 1 is 1.14 bits per heavy atom. The van der Waals surface area contributed by atoms with E-state index < -0.39 is 0 Å². The molecule has 0 amide bonds. The highest BCUT2D eigenvalue weighted by Gasteiger charge is 2.04. The van der Waals surface area contributed by atoms with Gasteiger partial charge in [0.25, 0.3) is 0 Å². The Morgan fingerprint density at radius 3 is 2.43 bits per heavy atom. The predicted molar refractivity (Wildman–Crippen MR) is 61.4 cm³/mol. The van der Waals surface area contributed by atoms with Gasteiger partial charge in [-0.15, -0.1) is 0 Å².